The van der Waals surface area contributed by atoms with Crippen LogP contribution in [0.1, 0.15) is 0 Å². The van der Waals surface area contributed by atoms with Gasteiger partial charge in [-0.2, -0.15) is 0 Å². The number of hydrogen-bond donors (Lipinski definition) is 0. The van der Waals surface area contributed by atoms with Crippen molar-refractivity contribution >= 4 is 0 Å². The molecule has 0 atom stereocenters. The predicted molar refractivity (Wildman–Crippen MR) is 45.6 cm³/mol. The molecule has 4 heteroatoms. The Morgan fingerprint density at radius 2 is 1.54 bits per heavy atom. The topological polar surface area (TPSA) is 18.5 Å². The molecular formula is C9H16INO2. The Labute approximate surface area is 96.3 Å². The molecule has 1 spiro atoms. The second kappa shape index (κ2) is 4.72. The fourth-order valence-electron chi connectivity index (χ4n) is 1.96. The first-order valence-corrected chi connectivity index (χ1v) is 4.53. The molecule has 2 aliphatic heterocycles. The number of nitrogens with zero attached hydrogens (tertiary/aromatic N) is 1. The first kappa shape index (κ1) is 11.4. The second-order valence-electron chi connectivity index (χ2n) is 3.55. The fraction of sp³-hybridized carbons (Fsp3) is 0.778. The van der Waals surface area contributed by atoms with E-state index in [1.165, 1.54) is 5.70 Å². The number of rotatable bonds is 0. The van der Waals surface area contributed by atoms with E-state index >= 15 is 0 Å². The van der Waals surface area contributed by atoms with Crippen molar-refractivity contribution in [1.29, 1.82) is 0 Å². The van der Waals surface area contributed by atoms with Gasteiger partial charge in [0, 0.05) is 0 Å². The average molecular weight is 297 g/mol. The zero-order chi connectivity index (χ0) is 8.44. The Bertz CT molecular complexity index is 182. The number of ether oxygens (including phenoxy) is 2. The summed E-state index contributed by atoms with van der Waals surface area (Å²) in [7, 11) is 0. The summed E-state index contributed by atoms with van der Waals surface area (Å²) in [6.45, 7) is 10.7. The Kier molecular flexibility index (Phi) is 4.15. The van der Waals surface area contributed by atoms with E-state index in [2.05, 4.69) is 6.58 Å². The molecule has 0 N–H and O–H groups in total. The van der Waals surface area contributed by atoms with Crippen molar-refractivity contribution < 1.29 is 37.9 Å². The first-order chi connectivity index (χ1) is 5.83. The maximum Gasteiger partial charge on any atom is 0.128 e. The zero-order valence-corrected chi connectivity index (χ0v) is 9.96. The normalized spacial score (nSPS) is 26.9. The van der Waals surface area contributed by atoms with Crippen LogP contribution in [0.25, 0.3) is 0 Å². The fourth-order valence-corrected chi connectivity index (χ4v) is 1.96. The van der Waals surface area contributed by atoms with Gasteiger partial charge in [0.15, 0.2) is 0 Å². The van der Waals surface area contributed by atoms with Gasteiger partial charge >= 0.3 is 0 Å². The summed E-state index contributed by atoms with van der Waals surface area (Å²) < 4.78 is 11.7. The molecule has 2 fully saturated rings. The molecule has 0 aromatic rings. The number of morpholine rings is 2. The van der Waals surface area contributed by atoms with Crippen molar-refractivity contribution in [3.8, 4) is 0 Å². The van der Waals surface area contributed by atoms with Crippen molar-refractivity contribution in [2.24, 2.45) is 0 Å². The van der Waals surface area contributed by atoms with Gasteiger partial charge in [-0.25, -0.2) is 0 Å². The summed E-state index contributed by atoms with van der Waals surface area (Å²) in [5, 5.41) is 0. The van der Waals surface area contributed by atoms with Crippen molar-refractivity contribution in [2.75, 3.05) is 46.1 Å². The van der Waals surface area contributed by atoms with Gasteiger partial charge in [0.1, 0.15) is 31.9 Å². The largest absolute Gasteiger partial charge is 1.00 e. The van der Waals surface area contributed by atoms with Gasteiger partial charge in [0.2, 0.25) is 0 Å². The summed E-state index contributed by atoms with van der Waals surface area (Å²) >= 11 is 0. The highest BCUT2D eigenvalue weighted by atomic mass is 127. The van der Waals surface area contributed by atoms with Crippen molar-refractivity contribution in [3.63, 3.8) is 0 Å². The van der Waals surface area contributed by atoms with Crippen molar-refractivity contribution in [2.45, 2.75) is 0 Å². The maximum absolute atomic E-state index is 5.35. The molecule has 2 saturated heterocycles. The van der Waals surface area contributed by atoms with E-state index < -0.39 is 0 Å². The van der Waals surface area contributed by atoms with Crippen LogP contribution in [0.4, 0.5) is 0 Å². The van der Waals surface area contributed by atoms with Crippen LogP contribution in [0, 0.1) is 0 Å². The second-order valence-corrected chi connectivity index (χ2v) is 3.55. The SMILES string of the molecule is C=C1COCC[N+]12CCOCC2.[I-]. The lowest BCUT2D eigenvalue weighted by Gasteiger charge is -2.44. The van der Waals surface area contributed by atoms with E-state index in [0.717, 1.165) is 50.5 Å². The minimum atomic E-state index is 0. The zero-order valence-electron chi connectivity index (χ0n) is 7.80. The van der Waals surface area contributed by atoms with Crippen LogP contribution in [0.5, 0.6) is 0 Å². The number of halogens is 1. The van der Waals surface area contributed by atoms with Gasteiger partial charge in [-0.1, -0.05) is 0 Å². The Balaban J connectivity index is 0.000000845. The first-order valence-electron chi connectivity index (χ1n) is 4.53. The van der Waals surface area contributed by atoms with E-state index in [-0.39, 0.29) is 24.0 Å². The third-order valence-corrected chi connectivity index (χ3v) is 2.93. The number of quaternary nitrogens is 1. The molecule has 0 bridgehead atoms. The molecular weight excluding hydrogens is 281 g/mol. The van der Waals surface area contributed by atoms with E-state index in [9.17, 15) is 0 Å². The smallest absolute Gasteiger partial charge is 0.128 e. The van der Waals surface area contributed by atoms with Crippen molar-refractivity contribution in [3.05, 3.63) is 12.3 Å². The van der Waals surface area contributed by atoms with Crippen LogP contribution in [0.2, 0.25) is 0 Å². The Hall–Kier alpha value is 0.350. The molecule has 0 radical (unpaired) electrons. The lowest BCUT2D eigenvalue weighted by atomic mass is 10.2. The molecule has 2 rings (SSSR count). The third-order valence-electron chi connectivity index (χ3n) is 2.93. The van der Waals surface area contributed by atoms with Crippen LogP contribution >= 0.6 is 0 Å². The van der Waals surface area contributed by atoms with Crippen LogP contribution in [-0.2, 0) is 9.47 Å². The highest BCUT2D eigenvalue weighted by Gasteiger charge is 2.36. The molecule has 0 amide bonds. The molecule has 2 aliphatic rings. The monoisotopic (exact) mass is 297 g/mol. The summed E-state index contributed by atoms with van der Waals surface area (Å²) in [4.78, 5) is 0. The van der Waals surface area contributed by atoms with E-state index in [4.69, 9.17) is 9.47 Å². The maximum atomic E-state index is 5.35. The van der Waals surface area contributed by atoms with Crippen LogP contribution in [-0.4, -0.2) is 50.5 Å². The molecule has 0 aromatic heterocycles. The van der Waals surface area contributed by atoms with Gasteiger partial charge in [0.25, 0.3) is 0 Å². The van der Waals surface area contributed by atoms with Crippen LogP contribution in [0.15, 0.2) is 12.3 Å². The van der Waals surface area contributed by atoms with Crippen LogP contribution in [0.3, 0.4) is 0 Å². The number of hydrogen-bond acceptors (Lipinski definition) is 2. The van der Waals surface area contributed by atoms with Crippen LogP contribution < -0.4 is 24.0 Å². The summed E-state index contributed by atoms with van der Waals surface area (Å²) in [5.74, 6) is 0. The van der Waals surface area contributed by atoms with E-state index in [1.807, 2.05) is 0 Å². The molecule has 0 aliphatic carbocycles. The minimum Gasteiger partial charge on any atom is -1.00 e. The van der Waals surface area contributed by atoms with E-state index in [1.54, 1.807) is 0 Å². The van der Waals surface area contributed by atoms with Gasteiger partial charge in [-0.3, -0.25) is 4.48 Å². The highest BCUT2D eigenvalue weighted by molar-refractivity contribution is 4.87. The molecule has 13 heavy (non-hydrogen) atoms. The average Bonchev–Trinajstić information content (AvgIpc) is 2.12. The summed E-state index contributed by atoms with van der Waals surface area (Å²) in [5.41, 5.74) is 1.23. The quantitative estimate of drug-likeness (QED) is 0.360. The Morgan fingerprint density at radius 3 is 2.15 bits per heavy atom. The lowest BCUT2D eigenvalue weighted by molar-refractivity contribution is -0.906. The lowest BCUT2D eigenvalue weighted by Crippen LogP contribution is -3.00. The molecule has 0 aromatic carbocycles. The third kappa shape index (κ3) is 2.23. The molecule has 76 valence electrons. The molecule has 0 saturated carbocycles. The molecule has 2 heterocycles. The Morgan fingerprint density at radius 1 is 1.00 bits per heavy atom. The minimum absolute atomic E-state index is 0. The predicted octanol–water partition coefficient (Wildman–Crippen LogP) is -2.62. The van der Waals surface area contributed by atoms with E-state index in [0.29, 0.717) is 0 Å². The summed E-state index contributed by atoms with van der Waals surface area (Å²) in [6, 6.07) is 0. The van der Waals surface area contributed by atoms with Gasteiger partial charge in [-0.05, 0) is 6.58 Å². The molecule has 3 nitrogen and oxygen atoms in total. The van der Waals surface area contributed by atoms with Gasteiger partial charge < -0.3 is 33.5 Å². The van der Waals surface area contributed by atoms with Gasteiger partial charge in [0.05, 0.1) is 19.8 Å². The van der Waals surface area contributed by atoms with Crippen molar-refractivity contribution in [1.82, 2.24) is 0 Å². The standard InChI is InChI=1S/C9H16NO2.HI/c1-9-8-12-7-4-10(9)2-5-11-6-3-10;/h1-8H2;1H/q+1;/p-1. The molecule has 0 unspecified atom stereocenters. The summed E-state index contributed by atoms with van der Waals surface area (Å²) in [6.07, 6.45) is 0. The highest BCUT2D eigenvalue weighted by Crippen LogP contribution is 2.22. The van der Waals surface area contributed by atoms with Gasteiger partial charge in [-0.15, -0.1) is 0 Å².